The third kappa shape index (κ3) is 8.31. The van der Waals surface area contributed by atoms with Crippen molar-refractivity contribution in [3.63, 3.8) is 0 Å². The number of carboxylic acids is 1. The number of ether oxygens (including phenoxy) is 2. The average Bonchev–Trinajstić information content (AvgIpc) is 2.70. The number of carbonyl (C=O) groups excluding carboxylic acids is 2. The van der Waals surface area contributed by atoms with Crippen molar-refractivity contribution in [3.8, 4) is 0 Å². The fourth-order valence-electron chi connectivity index (χ4n) is 3.33. The van der Waals surface area contributed by atoms with E-state index in [0.717, 1.165) is 5.56 Å². The van der Waals surface area contributed by atoms with Crippen LogP contribution in [0.4, 0.5) is 0 Å². The Morgan fingerprint density at radius 3 is 1.85 bits per heavy atom. The first kappa shape index (κ1) is 30.0. The standard InChI is InChI=1S/C28H44O6/c1-25(2,3)21(29)17-16-20(24(31)32)18-33-28(9,10)27(7,8)23(30)22(34-26(4,5)6)19-14-12-11-13-15-19/h11-15,20,22H,16-18H2,1-10H3,(H,31,32). The summed E-state index contributed by atoms with van der Waals surface area (Å²) in [7, 11) is 0. The molecule has 0 bridgehead atoms. The molecular weight excluding hydrogens is 432 g/mol. The molecule has 1 aromatic carbocycles. The lowest BCUT2D eigenvalue weighted by Gasteiger charge is -2.43. The Morgan fingerprint density at radius 2 is 1.41 bits per heavy atom. The van der Waals surface area contributed by atoms with Crippen molar-refractivity contribution in [1.82, 2.24) is 0 Å². The van der Waals surface area contributed by atoms with Crippen molar-refractivity contribution in [1.29, 1.82) is 0 Å². The third-order valence-corrected chi connectivity index (χ3v) is 6.48. The third-order valence-electron chi connectivity index (χ3n) is 6.48. The molecule has 34 heavy (non-hydrogen) atoms. The minimum atomic E-state index is -1.01. The molecule has 0 aliphatic heterocycles. The van der Waals surface area contributed by atoms with Gasteiger partial charge in [-0.2, -0.15) is 0 Å². The fourth-order valence-corrected chi connectivity index (χ4v) is 3.33. The van der Waals surface area contributed by atoms with Gasteiger partial charge in [0.15, 0.2) is 5.78 Å². The van der Waals surface area contributed by atoms with Crippen LogP contribution in [0.2, 0.25) is 0 Å². The molecule has 6 heteroatoms. The van der Waals surface area contributed by atoms with Crippen molar-refractivity contribution in [2.45, 2.75) is 99.4 Å². The van der Waals surface area contributed by atoms with Crippen LogP contribution in [-0.2, 0) is 23.9 Å². The van der Waals surface area contributed by atoms with E-state index >= 15 is 0 Å². The number of aliphatic carboxylic acids is 1. The molecule has 1 N–H and O–H groups in total. The van der Waals surface area contributed by atoms with Crippen molar-refractivity contribution in [2.75, 3.05) is 6.61 Å². The lowest BCUT2D eigenvalue weighted by atomic mass is 9.71. The smallest absolute Gasteiger partial charge is 0.308 e. The number of carbonyl (C=O) groups is 3. The van der Waals surface area contributed by atoms with E-state index in [-0.39, 0.29) is 31.0 Å². The topological polar surface area (TPSA) is 89.9 Å². The van der Waals surface area contributed by atoms with E-state index in [1.807, 2.05) is 71.9 Å². The van der Waals surface area contributed by atoms with Crippen molar-refractivity contribution >= 4 is 17.5 Å². The van der Waals surface area contributed by atoms with Crippen LogP contribution in [0.25, 0.3) is 0 Å². The number of hydrogen-bond donors (Lipinski definition) is 1. The zero-order valence-electron chi connectivity index (χ0n) is 22.7. The number of carboxylic acid groups (broad SMARTS) is 1. The summed E-state index contributed by atoms with van der Waals surface area (Å²) in [5, 5.41) is 9.68. The fraction of sp³-hybridized carbons (Fsp3) is 0.679. The summed E-state index contributed by atoms with van der Waals surface area (Å²) in [6.45, 7) is 18.3. The van der Waals surface area contributed by atoms with E-state index in [4.69, 9.17) is 9.47 Å². The molecule has 0 aliphatic carbocycles. The second-order valence-corrected chi connectivity index (χ2v) is 12.1. The van der Waals surface area contributed by atoms with E-state index in [1.165, 1.54) is 0 Å². The number of ketones is 2. The molecule has 0 amide bonds. The maximum absolute atomic E-state index is 13.8. The SMILES string of the molecule is CC(C)(C)OC(C(=O)C(C)(C)C(C)(C)OCC(CCC(=O)C(C)(C)C)C(=O)O)c1ccccc1. The van der Waals surface area contributed by atoms with E-state index in [9.17, 15) is 19.5 Å². The quantitative estimate of drug-likeness (QED) is 0.396. The van der Waals surface area contributed by atoms with Gasteiger partial charge in [0.25, 0.3) is 0 Å². The van der Waals surface area contributed by atoms with Gasteiger partial charge in [-0.3, -0.25) is 14.4 Å². The summed E-state index contributed by atoms with van der Waals surface area (Å²) >= 11 is 0. The normalized spacial score (nSPS) is 15.0. The molecule has 0 fully saturated rings. The summed E-state index contributed by atoms with van der Waals surface area (Å²) in [4.78, 5) is 37.9. The predicted molar refractivity (Wildman–Crippen MR) is 134 cm³/mol. The van der Waals surface area contributed by atoms with Gasteiger partial charge in [-0.1, -0.05) is 65.0 Å². The monoisotopic (exact) mass is 476 g/mol. The molecule has 192 valence electrons. The first-order valence-corrected chi connectivity index (χ1v) is 12.0. The molecule has 2 atom stereocenters. The van der Waals surface area contributed by atoms with Gasteiger partial charge in [0.05, 0.1) is 29.1 Å². The summed E-state index contributed by atoms with van der Waals surface area (Å²) < 4.78 is 12.3. The summed E-state index contributed by atoms with van der Waals surface area (Å²) in [5.41, 5.74) is -2.29. The maximum atomic E-state index is 13.8. The highest BCUT2D eigenvalue weighted by atomic mass is 16.5. The Bertz CT molecular complexity index is 840. The van der Waals surface area contributed by atoms with E-state index in [0.29, 0.717) is 0 Å². The lowest BCUT2D eigenvalue weighted by Crippen LogP contribution is -2.50. The van der Waals surface area contributed by atoms with Crippen LogP contribution in [0.1, 0.15) is 93.7 Å². The first-order valence-electron chi connectivity index (χ1n) is 12.0. The lowest BCUT2D eigenvalue weighted by molar-refractivity contribution is -0.172. The largest absolute Gasteiger partial charge is 0.481 e. The zero-order chi connectivity index (χ0) is 26.5. The Balaban J connectivity index is 3.07. The Kier molecular flexibility index (Phi) is 9.81. The second-order valence-electron chi connectivity index (χ2n) is 12.1. The summed E-state index contributed by atoms with van der Waals surface area (Å²) in [6, 6.07) is 9.35. The van der Waals surface area contributed by atoms with Gasteiger partial charge < -0.3 is 14.6 Å². The molecule has 0 aliphatic rings. The van der Waals surface area contributed by atoms with Crippen molar-refractivity contribution < 1.29 is 29.0 Å². The highest BCUT2D eigenvalue weighted by Gasteiger charge is 2.48. The zero-order valence-corrected chi connectivity index (χ0v) is 22.7. The molecular formula is C28H44O6. The molecule has 6 nitrogen and oxygen atoms in total. The van der Waals surface area contributed by atoms with Crippen LogP contribution in [0.15, 0.2) is 30.3 Å². The van der Waals surface area contributed by atoms with Gasteiger partial charge in [0, 0.05) is 11.8 Å². The Hall–Kier alpha value is -2.05. The number of Topliss-reactive ketones (excluding diaryl/α,β-unsaturated/α-hetero) is 2. The summed E-state index contributed by atoms with van der Waals surface area (Å²) in [6.07, 6.45) is -0.434. The number of rotatable bonds is 12. The maximum Gasteiger partial charge on any atom is 0.308 e. The molecule has 0 heterocycles. The van der Waals surface area contributed by atoms with Crippen LogP contribution in [0.5, 0.6) is 0 Å². The van der Waals surface area contributed by atoms with E-state index < -0.39 is 40.0 Å². The molecule has 0 spiro atoms. The van der Waals surface area contributed by atoms with Gasteiger partial charge >= 0.3 is 5.97 Å². The average molecular weight is 477 g/mol. The van der Waals surface area contributed by atoms with Gasteiger partial charge in [0.2, 0.25) is 0 Å². The molecule has 1 rings (SSSR count). The molecule has 0 radical (unpaired) electrons. The predicted octanol–water partition coefficient (Wildman–Crippen LogP) is 6.03. The van der Waals surface area contributed by atoms with Gasteiger partial charge in [-0.15, -0.1) is 0 Å². The minimum Gasteiger partial charge on any atom is -0.481 e. The van der Waals surface area contributed by atoms with Crippen molar-refractivity contribution in [2.24, 2.45) is 16.7 Å². The van der Waals surface area contributed by atoms with Crippen LogP contribution in [0, 0.1) is 16.7 Å². The van der Waals surface area contributed by atoms with Gasteiger partial charge in [-0.05, 0) is 46.6 Å². The van der Waals surface area contributed by atoms with E-state index in [2.05, 4.69) is 0 Å². The van der Waals surface area contributed by atoms with Crippen LogP contribution in [-0.4, -0.2) is 40.5 Å². The number of hydrogen-bond acceptors (Lipinski definition) is 5. The van der Waals surface area contributed by atoms with Crippen molar-refractivity contribution in [3.05, 3.63) is 35.9 Å². The second kappa shape index (κ2) is 11.1. The molecule has 0 aromatic heterocycles. The Morgan fingerprint density at radius 1 is 0.882 bits per heavy atom. The van der Waals surface area contributed by atoms with Gasteiger partial charge in [0.1, 0.15) is 11.9 Å². The highest BCUT2D eigenvalue weighted by Crippen LogP contribution is 2.41. The summed E-state index contributed by atoms with van der Waals surface area (Å²) in [5.74, 6) is -1.99. The molecule has 2 unspecified atom stereocenters. The number of benzene rings is 1. The van der Waals surface area contributed by atoms with Crippen LogP contribution < -0.4 is 0 Å². The van der Waals surface area contributed by atoms with Crippen LogP contribution >= 0.6 is 0 Å². The molecule has 0 saturated heterocycles. The first-order chi connectivity index (χ1) is 15.3. The minimum absolute atomic E-state index is 0.0125. The van der Waals surface area contributed by atoms with Crippen LogP contribution in [0.3, 0.4) is 0 Å². The molecule has 0 saturated carbocycles. The van der Waals surface area contributed by atoms with E-state index in [1.54, 1.807) is 27.7 Å². The Labute approximate surface area is 205 Å². The molecule has 1 aromatic rings. The highest BCUT2D eigenvalue weighted by molar-refractivity contribution is 5.90. The van der Waals surface area contributed by atoms with Gasteiger partial charge in [-0.25, -0.2) is 0 Å².